The van der Waals surface area contributed by atoms with Crippen LogP contribution < -0.4 is 10.9 Å². The van der Waals surface area contributed by atoms with Gasteiger partial charge in [0.1, 0.15) is 5.82 Å². The second kappa shape index (κ2) is 4.84. The first-order chi connectivity index (χ1) is 8.84. The highest BCUT2D eigenvalue weighted by atomic mass is 19.1. The van der Waals surface area contributed by atoms with E-state index in [1.165, 1.54) is 18.2 Å². The number of benzene rings is 1. The average molecular weight is 261 g/mol. The van der Waals surface area contributed by atoms with Gasteiger partial charge in [-0.15, -0.1) is 0 Å². The number of hydrogen-bond acceptors (Lipinski definition) is 3. The molecule has 0 unspecified atom stereocenters. The molecule has 0 atom stereocenters. The van der Waals surface area contributed by atoms with E-state index in [0.717, 1.165) is 0 Å². The molecular formula is C14H16FN3O. The molecule has 2 N–H and O–H groups in total. The van der Waals surface area contributed by atoms with Gasteiger partial charge in [0.2, 0.25) is 5.95 Å². The van der Waals surface area contributed by atoms with Crippen LogP contribution in [0.4, 0.5) is 16.0 Å². The van der Waals surface area contributed by atoms with Gasteiger partial charge in [0.25, 0.3) is 5.56 Å². The molecule has 0 radical (unpaired) electrons. The number of anilines is 2. The van der Waals surface area contributed by atoms with Crippen LogP contribution in [0, 0.1) is 5.82 Å². The van der Waals surface area contributed by atoms with Gasteiger partial charge in [0.05, 0.1) is 5.69 Å². The number of rotatable bonds is 2. The van der Waals surface area contributed by atoms with Crippen molar-refractivity contribution in [3.8, 4) is 0 Å². The van der Waals surface area contributed by atoms with Crippen LogP contribution in [0.5, 0.6) is 0 Å². The van der Waals surface area contributed by atoms with Gasteiger partial charge in [-0.05, 0) is 24.3 Å². The first-order valence-corrected chi connectivity index (χ1v) is 5.99. The topological polar surface area (TPSA) is 57.8 Å². The number of aromatic amines is 1. The van der Waals surface area contributed by atoms with E-state index in [-0.39, 0.29) is 16.8 Å². The normalized spacial score (nSPS) is 11.4. The molecule has 19 heavy (non-hydrogen) atoms. The Balaban J connectivity index is 2.33. The van der Waals surface area contributed by atoms with Crippen molar-refractivity contribution in [2.24, 2.45) is 0 Å². The predicted molar refractivity (Wildman–Crippen MR) is 73.2 cm³/mol. The molecule has 0 saturated heterocycles. The highest BCUT2D eigenvalue weighted by Crippen LogP contribution is 2.20. The molecule has 0 aliphatic carbocycles. The maximum absolute atomic E-state index is 12.8. The second-order valence-electron chi connectivity index (χ2n) is 5.36. The van der Waals surface area contributed by atoms with E-state index in [2.05, 4.69) is 15.3 Å². The average Bonchev–Trinajstić information content (AvgIpc) is 2.30. The highest BCUT2D eigenvalue weighted by molar-refractivity contribution is 5.52. The quantitative estimate of drug-likeness (QED) is 0.873. The Labute approximate surface area is 110 Å². The summed E-state index contributed by atoms with van der Waals surface area (Å²) in [5.41, 5.74) is 0.925. The lowest BCUT2D eigenvalue weighted by Crippen LogP contribution is -2.20. The van der Waals surface area contributed by atoms with Crippen LogP contribution in [-0.2, 0) is 5.41 Å². The molecule has 0 spiro atoms. The van der Waals surface area contributed by atoms with Crippen molar-refractivity contribution in [3.63, 3.8) is 0 Å². The van der Waals surface area contributed by atoms with Crippen molar-refractivity contribution < 1.29 is 4.39 Å². The summed E-state index contributed by atoms with van der Waals surface area (Å²) in [5.74, 6) is 0.0412. The third-order valence-corrected chi connectivity index (χ3v) is 2.62. The van der Waals surface area contributed by atoms with E-state index < -0.39 is 0 Å². The summed E-state index contributed by atoms with van der Waals surface area (Å²) in [5, 5.41) is 2.95. The predicted octanol–water partition coefficient (Wildman–Crippen LogP) is 2.95. The summed E-state index contributed by atoms with van der Waals surface area (Å²) in [6.45, 7) is 5.95. The monoisotopic (exact) mass is 261 g/mol. The lowest BCUT2D eigenvalue weighted by Gasteiger charge is -2.18. The van der Waals surface area contributed by atoms with Crippen LogP contribution in [0.15, 0.2) is 35.1 Å². The molecule has 1 aromatic heterocycles. The molecule has 5 heteroatoms. The number of H-pyrrole nitrogens is 1. The molecule has 0 amide bonds. The number of nitrogens with zero attached hydrogens (tertiary/aromatic N) is 1. The summed E-state index contributed by atoms with van der Waals surface area (Å²) in [7, 11) is 0. The number of aromatic nitrogens is 2. The maximum atomic E-state index is 12.8. The van der Waals surface area contributed by atoms with Crippen LogP contribution in [0.3, 0.4) is 0 Å². The van der Waals surface area contributed by atoms with Crippen LogP contribution >= 0.6 is 0 Å². The first kappa shape index (κ1) is 13.3. The molecule has 1 heterocycles. The Bertz CT molecular complexity index is 626. The maximum Gasteiger partial charge on any atom is 0.252 e. The molecule has 0 fully saturated rings. The molecule has 2 rings (SSSR count). The van der Waals surface area contributed by atoms with Crippen molar-refractivity contribution in [2.75, 3.05) is 5.32 Å². The Morgan fingerprint density at radius 1 is 1.21 bits per heavy atom. The van der Waals surface area contributed by atoms with Crippen molar-refractivity contribution in [1.29, 1.82) is 0 Å². The first-order valence-electron chi connectivity index (χ1n) is 5.99. The minimum atomic E-state index is -0.310. The molecule has 4 nitrogen and oxygen atoms in total. The Hall–Kier alpha value is -2.17. The van der Waals surface area contributed by atoms with E-state index in [0.29, 0.717) is 17.3 Å². The molecule has 0 aliphatic heterocycles. The number of nitrogens with one attached hydrogen (secondary N) is 2. The zero-order chi connectivity index (χ0) is 14.0. The Morgan fingerprint density at radius 2 is 1.84 bits per heavy atom. The van der Waals surface area contributed by atoms with E-state index in [1.807, 2.05) is 20.8 Å². The summed E-state index contributed by atoms with van der Waals surface area (Å²) in [6.07, 6.45) is 0. The fourth-order valence-corrected chi connectivity index (χ4v) is 1.57. The van der Waals surface area contributed by atoms with Gasteiger partial charge in [-0.3, -0.25) is 9.78 Å². The van der Waals surface area contributed by atoms with Gasteiger partial charge in [0, 0.05) is 17.2 Å². The minimum absolute atomic E-state index is 0.215. The smallest absolute Gasteiger partial charge is 0.252 e. The van der Waals surface area contributed by atoms with Crippen molar-refractivity contribution >= 4 is 11.6 Å². The van der Waals surface area contributed by atoms with Crippen LogP contribution in [0.1, 0.15) is 26.5 Å². The molecule has 1 aromatic carbocycles. The van der Waals surface area contributed by atoms with Gasteiger partial charge in [0.15, 0.2) is 0 Å². The van der Waals surface area contributed by atoms with Crippen LogP contribution in [0.25, 0.3) is 0 Å². The summed E-state index contributed by atoms with van der Waals surface area (Å²) in [6, 6.07) is 7.33. The highest BCUT2D eigenvalue weighted by Gasteiger charge is 2.17. The second-order valence-corrected chi connectivity index (χ2v) is 5.36. The van der Waals surface area contributed by atoms with Gasteiger partial charge < -0.3 is 5.32 Å². The van der Waals surface area contributed by atoms with Gasteiger partial charge >= 0.3 is 0 Å². The number of hydrogen-bond donors (Lipinski definition) is 2. The van der Waals surface area contributed by atoms with Crippen LogP contribution in [0.2, 0.25) is 0 Å². The van der Waals surface area contributed by atoms with Gasteiger partial charge in [-0.1, -0.05) is 20.8 Å². The van der Waals surface area contributed by atoms with Crippen molar-refractivity contribution in [1.82, 2.24) is 9.97 Å². The molecule has 100 valence electrons. The van der Waals surface area contributed by atoms with Gasteiger partial charge in [-0.25, -0.2) is 9.37 Å². The summed E-state index contributed by atoms with van der Waals surface area (Å²) >= 11 is 0. The van der Waals surface area contributed by atoms with Crippen molar-refractivity contribution in [3.05, 3.63) is 52.2 Å². The minimum Gasteiger partial charge on any atom is -0.326 e. The van der Waals surface area contributed by atoms with Crippen LogP contribution in [-0.4, -0.2) is 9.97 Å². The van der Waals surface area contributed by atoms with E-state index in [4.69, 9.17) is 0 Å². The molecule has 0 bridgehead atoms. The molecule has 2 aromatic rings. The largest absolute Gasteiger partial charge is 0.326 e. The van der Waals surface area contributed by atoms with E-state index in [1.54, 1.807) is 12.1 Å². The molecule has 0 saturated carbocycles. The zero-order valence-corrected chi connectivity index (χ0v) is 11.1. The number of halogens is 1. The van der Waals surface area contributed by atoms with Gasteiger partial charge in [-0.2, -0.15) is 0 Å². The molecule has 0 aliphatic rings. The zero-order valence-electron chi connectivity index (χ0n) is 11.1. The fraction of sp³-hybridized carbons (Fsp3) is 0.286. The van der Waals surface area contributed by atoms with Crippen molar-refractivity contribution in [2.45, 2.75) is 26.2 Å². The summed E-state index contributed by atoms with van der Waals surface area (Å²) in [4.78, 5) is 18.6. The van der Waals surface area contributed by atoms with E-state index in [9.17, 15) is 9.18 Å². The SMILES string of the molecule is CC(C)(C)c1cc(=O)[nH]c(Nc2ccc(F)cc2)n1. The lowest BCUT2D eigenvalue weighted by molar-refractivity contribution is 0.567. The standard InChI is InChI=1S/C14H16FN3O/c1-14(2,3)11-8-12(19)18-13(17-11)16-10-6-4-9(15)5-7-10/h4-8H,1-3H3,(H2,16,17,18,19). The third kappa shape index (κ3) is 3.40. The fourth-order valence-electron chi connectivity index (χ4n) is 1.57. The third-order valence-electron chi connectivity index (χ3n) is 2.62. The summed E-state index contributed by atoms with van der Waals surface area (Å²) < 4.78 is 12.8. The molecular weight excluding hydrogens is 245 g/mol. The Morgan fingerprint density at radius 3 is 2.42 bits per heavy atom. The lowest BCUT2D eigenvalue weighted by atomic mass is 9.92. The Kier molecular flexibility index (Phi) is 3.38. The van der Waals surface area contributed by atoms with E-state index >= 15 is 0 Å².